The molecule has 8 heteroatoms. The second-order valence-corrected chi connectivity index (χ2v) is 7.79. The van der Waals surface area contributed by atoms with Gasteiger partial charge in [-0.15, -0.1) is 0 Å². The number of para-hydroxylation sites is 1. The van der Waals surface area contributed by atoms with Crippen LogP contribution in [0.5, 0.6) is 0 Å². The second-order valence-electron chi connectivity index (χ2n) is 7.79. The lowest BCUT2D eigenvalue weighted by molar-refractivity contribution is -0.895. The summed E-state index contributed by atoms with van der Waals surface area (Å²) in [4.78, 5) is 39.7. The maximum Gasteiger partial charge on any atom is 0.279 e. The number of carbonyl (C=O) groups is 3. The van der Waals surface area contributed by atoms with E-state index < -0.39 is 11.7 Å². The topological polar surface area (TPSA) is 82.9 Å². The zero-order valence-corrected chi connectivity index (χ0v) is 17.8. The van der Waals surface area contributed by atoms with E-state index in [2.05, 4.69) is 10.6 Å². The molecule has 7 nitrogen and oxygen atoms in total. The number of nitrogens with zero attached hydrogens (tertiary/aromatic N) is 1. The van der Waals surface area contributed by atoms with E-state index in [0.29, 0.717) is 32.7 Å². The summed E-state index contributed by atoms with van der Waals surface area (Å²) in [5.41, 5.74) is 2.82. The number of benzene rings is 2. The Kier molecular flexibility index (Phi) is 7.36. The van der Waals surface area contributed by atoms with Crippen LogP contribution in [0.3, 0.4) is 0 Å². The Hall–Kier alpha value is -3.26. The van der Waals surface area contributed by atoms with Crippen LogP contribution in [0.2, 0.25) is 0 Å². The zero-order chi connectivity index (χ0) is 22.4. The van der Waals surface area contributed by atoms with Crippen molar-refractivity contribution in [3.63, 3.8) is 0 Å². The van der Waals surface area contributed by atoms with Crippen molar-refractivity contribution in [2.75, 3.05) is 44.6 Å². The van der Waals surface area contributed by atoms with Gasteiger partial charge in [-0.2, -0.15) is 0 Å². The highest BCUT2D eigenvalue weighted by atomic mass is 19.1. The minimum Gasteiger partial charge on any atom is -0.343 e. The van der Waals surface area contributed by atoms with E-state index in [1.54, 1.807) is 11.0 Å². The number of nitrogens with one attached hydrogen (secondary N) is 3. The molecule has 0 unspecified atom stereocenters. The normalized spacial score (nSPS) is 14.2. The standard InChI is InChI=1S/C23H27FN4O3/c1-16-6-5-7-17(2)22(16)26-20(29)15-27-10-12-28(13-11-27)21(30)14-25-23(31)18-8-3-4-9-19(18)24/h3-9H,10-15H2,1-2H3,(H,25,31)(H,26,29)/p+1. The predicted molar refractivity (Wildman–Crippen MR) is 115 cm³/mol. The number of hydrogen-bond acceptors (Lipinski definition) is 3. The lowest BCUT2D eigenvalue weighted by Gasteiger charge is -2.32. The molecule has 0 spiro atoms. The number of quaternary nitrogens is 1. The molecule has 2 aromatic carbocycles. The van der Waals surface area contributed by atoms with E-state index in [1.165, 1.54) is 18.2 Å². The number of rotatable bonds is 6. The molecule has 2 aromatic rings. The Morgan fingerprint density at radius 3 is 2.29 bits per heavy atom. The first-order valence-corrected chi connectivity index (χ1v) is 10.4. The van der Waals surface area contributed by atoms with Gasteiger partial charge >= 0.3 is 0 Å². The fourth-order valence-electron chi connectivity index (χ4n) is 3.68. The number of amides is 3. The van der Waals surface area contributed by atoms with Gasteiger partial charge in [0.2, 0.25) is 5.91 Å². The van der Waals surface area contributed by atoms with E-state index in [-0.39, 0.29) is 23.9 Å². The number of anilines is 1. The highest BCUT2D eigenvalue weighted by Crippen LogP contribution is 2.18. The summed E-state index contributed by atoms with van der Waals surface area (Å²) in [6, 6.07) is 11.5. The predicted octanol–water partition coefficient (Wildman–Crippen LogP) is 0.538. The Labute approximate surface area is 181 Å². The molecule has 0 atom stereocenters. The van der Waals surface area contributed by atoms with Crippen molar-refractivity contribution in [2.45, 2.75) is 13.8 Å². The first kappa shape index (κ1) is 22.4. The average molecular weight is 428 g/mol. The molecule has 164 valence electrons. The fourth-order valence-corrected chi connectivity index (χ4v) is 3.68. The third-order valence-corrected chi connectivity index (χ3v) is 5.50. The smallest absolute Gasteiger partial charge is 0.279 e. The molecule has 0 bridgehead atoms. The molecule has 0 radical (unpaired) electrons. The molecule has 31 heavy (non-hydrogen) atoms. The minimum atomic E-state index is -0.621. The van der Waals surface area contributed by atoms with Gasteiger partial charge in [0, 0.05) is 5.69 Å². The summed E-state index contributed by atoms with van der Waals surface area (Å²) in [5.74, 6) is -1.50. The maximum absolute atomic E-state index is 13.7. The van der Waals surface area contributed by atoms with Crippen molar-refractivity contribution in [3.05, 3.63) is 65.0 Å². The van der Waals surface area contributed by atoms with Crippen LogP contribution in [0, 0.1) is 19.7 Å². The van der Waals surface area contributed by atoms with Gasteiger partial charge < -0.3 is 20.4 Å². The van der Waals surface area contributed by atoms with Crippen LogP contribution in [0.25, 0.3) is 0 Å². The van der Waals surface area contributed by atoms with E-state index >= 15 is 0 Å². The van der Waals surface area contributed by atoms with Gasteiger partial charge in [0.1, 0.15) is 5.82 Å². The van der Waals surface area contributed by atoms with Gasteiger partial charge in [-0.1, -0.05) is 30.3 Å². The number of halogens is 1. The molecule has 3 N–H and O–H groups in total. The molecular weight excluding hydrogens is 399 g/mol. The third-order valence-electron chi connectivity index (χ3n) is 5.50. The Bertz CT molecular complexity index is 951. The minimum absolute atomic E-state index is 0.0515. The molecule has 3 amide bonds. The van der Waals surface area contributed by atoms with Crippen LogP contribution in [0.4, 0.5) is 10.1 Å². The van der Waals surface area contributed by atoms with Crippen molar-refractivity contribution >= 4 is 23.4 Å². The molecule has 1 aliphatic rings. The molecule has 0 saturated carbocycles. The first-order chi connectivity index (χ1) is 14.8. The summed E-state index contributed by atoms with van der Waals surface area (Å²) in [7, 11) is 0. The molecule has 1 aliphatic heterocycles. The molecule has 1 saturated heterocycles. The molecule has 1 fully saturated rings. The maximum atomic E-state index is 13.7. The first-order valence-electron chi connectivity index (χ1n) is 10.4. The summed E-state index contributed by atoms with van der Waals surface area (Å²) in [6.07, 6.45) is 0. The molecule has 0 aromatic heterocycles. The number of hydrogen-bond donors (Lipinski definition) is 3. The monoisotopic (exact) mass is 427 g/mol. The quantitative estimate of drug-likeness (QED) is 0.629. The molecular formula is C23H28FN4O3+. The fraction of sp³-hybridized carbons (Fsp3) is 0.348. The van der Waals surface area contributed by atoms with Crippen LogP contribution in [0.15, 0.2) is 42.5 Å². The van der Waals surface area contributed by atoms with Crippen LogP contribution in [0.1, 0.15) is 21.5 Å². The van der Waals surface area contributed by atoms with E-state index in [1.807, 2.05) is 32.0 Å². The van der Waals surface area contributed by atoms with Gasteiger partial charge in [-0.3, -0.25) is 14.4 Å². The van der Waals surface area contributed by atoms with Crippen molar-refractivity contribution in [2.24, 2.45) is 0 Å². The summed E-state index contributed by atoms with van der Waals surface area (Å²) < 4.78 is 13.7. The van der Waals surface area contributed by atoms with E-state index in [4.69, 9.17) is 0 Å². The SMILES string of the molecule is Cc1cccc(C)c1NC(=O)C[NH+]1CCN(C(=O)CNC(=O)c2ccccc2F)CC1. The lowest BCUT2D eigenvalue weighted by Crippen LogP contribution is -3.15. The summed E-state index contributed by atoms with van der Waals surface area (Å²) in [5, 5.41) is 5.47. The number of piperazine rings is 1. The van der Waals surface area contributed by atoms with E-state index in [0.717, 1.165) is 21.7 Å². The lowest BCUT2D eigenvalue weighted by atomic mass is 10.1. The largest absolute Gasteiger partial charge is 0.343 e. The number of aryl methyl sites for hydroxylation is 2. The average Bonchev–Trinajstić information content (AvgIpc) is 2.75. The zero-order valence-electron chi connectivity index (χ0n) is 17.8. The Morgan fingerprint density at radius 1 is 1.00 bits per heavy atom. The third kappa shape index (κ3) is 5.88. The van der Waals surface area contributed by atoms with Crippen LogP contribution >= 0.6 is 0 Å². The molecule has 1 heterocycles. The van der Waals surface area contributed by atoms with Gasteiger partial charge in [-0.25, -0.2) is 4.39 Å². The molecule has 3 rings (SSSR count). The Balaban J connectivity index is 1.43. The highest BCUT2D eigenvalue weighted by molar-refractivity contribution is 5.96. The van der Waals surface area contributed by atoms with Gasteiger partial charge in [0.25, 0.3) is 11.8 Å². The van der Waals surface area contributed by atoms with Crippen molar-refractivity contribution in [1.82, 2.24) is 10.2 Å². The Morgan fingerprint density at radius 2 is 1.65 bits per heavy atom. The second kappa shape index (κ2) is 10.2. The highest BCUT2D eigenvalue weighted by Gasteiger charge is 2.26. The summed E-state index contributed by atoms with van der Waals surface area (Å²) in [6.45, 7) is 6.37. The molecule has 0 aliphatic carbocycles. The van der Waals surface area contributed by atoms with E-state index in [9.17, 15) is 18.8 Å². The van der Waals surface area contributed by atoms with Gasteiger partial charge in [-0.05, 0) is 37.1 Å². The van der Waals surface area contributed by atoms with Crippen molar-refractivity contribution < 1.29 is 23.7 Å². The van der Waals surface area contributed by atoms with Crippen LogP contribution < -0.4 is 15.5 Å². The van der Waals surface area contributed by atoms with Crippen molar-refractivity contribution in [3.8, 4) is 0 Å². The van der Waals surface area contributed by atoms with Gasteiger partial charge in [0.15, 0.2) is 6.54 Å². The van der Waals surface area contributed by atoms with Crippen LogP contribution in [-0.2, 0) is 9.59 Å². The van der Waals surface area contributed by atoms with Gasteiger partial charge in [0.05, 0.1) is 38.3 Å². The van der Waals surface area contributed by atoms with Crippen molar-refractivity contribution in [1.29, 1.82) is 0 Å². The number of carbonyl (C=O) groups excluding carboxylic acids is 3. The van der Waals surface area contributed by atoms with Crippen LogP contribution in [-0.4, -0.2) is 61.9 Å². The summed E-state index contributed by atoms with van der Waals surface area (Å²) >= 11 is 0.